The first-order valence-corrected chi connectivity index (χ1v) is 6.37. The molecule has 1 aromatic heterocycles. The molecule has 0 saturated carbocycles. The van der Waals surface area contributed by atoms with Crippen LogP contribution in [0.2, 0.25) is 0 Å². The van der Waals surface area contributed by atoms with E-state index in [0.29, 0.717) is 13.1 Å². The van der Waals surface area contributed by atoms with Gasteiger partial charge in [0.2, 0.25) is 5.91 Å². The fourth-order valence-electron chi connectivity index (χ4n) is 1.27. The molecule has 2 N–H and O–H groups in total. The Morgan fingerprint density at radius 1 is 1.56 bits per heavy atom. The van der Waals surface area contributed by atoms with Crippen LogP contribution >= 0.6 is 11.3 Å². The zero-order valence-corrected chi connectivity index (χ0v) is 10.9. The molecule has 0 bridgehead atoms. The minimum Gasteiger partial charge on any atom is -0.353 e. The van der Waals surface area contributed by atoms with E-state index in [-0.39, 0.29) is 11.9 Å². The molecule has 0 radical (unpaired) electrons. The molecule has 5 heteroatoms. The highest BCUT2D eigenvalue weighted by Crippen LogP contribution is 2.12. The number of carbonyl (C=O) groups excluding carboxylic acids is 1. The zero-order chi connectivity index (χ0) is 12.0. The Labute approximate surface area is 100 Å². The summed E-state index contributed by atoms with van der Waals surface area (Å²) in [6.07, 6.45) is 2.84. The topological polar surface area (TPSA) is 54.0 Å². The summed E-state index contributed by atoms with van der Waals surface area (Å²) in [5.41, 5.74) is 0. The van der Waals surface area contributed by atoms with Crippen molar-refractivity contribution in [3.8, 4) is 0 Å². The summed E-state index contributed by atoms with van der Waals surface area (Å²) in [6, 6.07) is 0.199. The largest absolute Gasteiger partial charge is 0.353 e. The second-order valence-electron chi connectivity index (χ2n) is 3.90. The summed E-state index contributed by atoms with van der Waals surface area (Å²) in [5.74, 6) is 0.0373. The number of carbonyl (C=O) groups is 1. The van der Waals surface area contributed by atoms with Gasteiger partial charge in [-0.15, -0.1) is 11.3 Å². The second-order valence-corrected chi connectivity index (χ2v) is 5.10. The van der Waals surface area contributed by atoms with Crippen molar-refractivity contribution in [3.63, 3.8) is 0 Å². The molecule has 1 amide bonds. The van der Waals surface area contributed by atoms with E-state index in [1.165, 1.54) is 4.88 Å². The summed E-state index contributed by atoms with van der Waals surface area (Å²) in [7, 11) is 0. The minimum absolute atomic E-state index is 0.0373. The first-order chi connectivity index (χ1) is 7.61. The molecule has 1 rings (SSSR count). The molecule has 0 atom stereocenters. The fourth-order valence-corrected chi connectivity index (χ4v) is 2.10. The van der Waals surface area contributed by atoms with Crippen LogP contribution in [0.4, 0.5) is 0 Å². The van der Waals surface area contributed by atoms with E-state index < -0.39 is 0 Å². The van der Waals surface area contributed by atoms with Gasteiger partial charge in [-0.05, 0) is 20.3 Å². The number of rotatable bonds is 6. The van der Waals surface area contributed by atoms with Crippen LogP contribution in [0.5, 0.6) is 0 Å². The average molecular weight is 241 g/mol. The standard InChI is InChI=1S/C11H19N3OS/c1-4-11-13-6-9(16-11)5-12-7-10(15)14-8(2)3/h6,8,12H,4-5,7H2,1-3H3,(H,14,15). The van der Waals surface area contributed by atoms with Gasteiger partial charge in [-0.2, -0.15) is 0 Å². The number of nitrogens with zero attached hydrogens (tertiary/aromatic N) is 1. The van der Waals surface area contributed by atoms with Crippen LogP contribution in [-0.2, 0) is 17.8 Å². The van der Waals surface area contributed by atoms with Crippen LogP contribution in [0.25, 0.3) is 0 Å². The monoisotopic (exact) mass is 241 g/mol. The third-order valence-electron chi connectivity index (χ3n) is 1.94. The number of aromatic nitrogens is 1. The Bertz CT molecular complexity index is 336. The normalized spacial score (nSPS) is 10.8. The van der Waals surface area contributed by atoms with Crippen molar-refractivity contribution < 1.29 is 4.79 Å². The lowest BCUT2D eigenvalue weighted by molar-refractivity contribution is -0.120. The third-order valence-corrected chi connectivity index (χ3v) is 3.08. The molecule has 0 aromatic carbocycles. The van der Waals surface area contributed by atoms with E-state index in [2.05, 4.69) is 22.5 Å². The first kappa shape index (κ1) is 13.1. The van der Waals surface area contributed by atoms with E-state index in [0.717, 1.165) is 11.4 Å². The maximum atomic E-state index is 11.3. The van der Waals surface area contributed by atoms with Crippen molar-refractivity contribution in [2.75, 3.05) is 6.54 Å². The lowest BCUT2D eigenvalue weighted by Crippen LogP contribution is -2.37. The van der Waals surface area contributed by atoms with Crippen molar-refractivity contribution in [3.05, 3.63) is 16.1 Å². The van der Waals surface area contributed by atoms with Crippen molar-refractivity contribution in [1.29, 1.82) is 0 Å². The highest BCUT2D eigenvalue weighted by Gasteiger charge is 2.03. The smallest absolute Gasteiger partial charge is 0.234 e. The molecule has 0 spiro atoms. The molecule has 90 valence electrons. The van der Waals surface area contributed by atoms with Crippen LogP contribution in [0.15, 0.2) is 6.20 Å². The molecule has 16 heavy (non-hydrogen) atoms. The summed E-state index contributed by atoms with van der Waals surface area (Å²) in [4.78, 5) is 16.8. The molecule has 1 aromatic rings. The van der Waals surface area contributed by atoms with Gasteiger partial charge in [0.25, 0.3) is 0 Å². The Morgan fingerprint density at radius 2 is 2.31 bits per heavy atom. The van der Waals surface area contributed by atoms with Crippen LogP contribution < -0.4 is 10.6 Å². The van der Waals surface area contributed by atoms with Gasteiger partial charge < -0.3 is 10.6 Å². The maximum Gasteiger partial charge on any atom is 0.234 e. The number of aryl methyl sites for hydroxylation is 1. The van der Waals surface area contributed by atoms with Crippen molar-refractivity contribution >= 4 is 17.2 Å². The molecule has 0 aliphatic carbocycles. The summed E-state index contributed by atoms with van der Waals surface area (Å²) < 4.78 is 0. The Kier molecular flexibility index (Phi) is 5.42. The molecule has 0 aliphatic rings. The predicted molar refractivity (Wildman–Crippen MR) is 66.5 cm³/mol. The van der Waals surface area contributed by atoms with Crippen LogP contribution in [-0.4, -0.2) is 23.5 Å². The molecule has 1 heterocycles. The quantitative estimate of drug-likeness (QED) is 0.790. The van der Waals surface area contributed by atoms with Crippen LogP contribution in [0, 0.1) is 0 Å². The number of nitrogens with one attached hydrogen (secondary N) is 2. The fraction of sp³-hybridized carbons (Fsp3) is 0.636. The van der Waals surface area contributed by atoms with Crippen molar-refractivity contribution in [1.82, 2.24) is 15.6 Å². The third kappa shape index (κ3) is 4.72. The molecular formula is C11H19N3OS. The lowest BCUT2D eigenvalue weighted by atomic mass is 10.4. The zero-order valence-electron chi connectivity index (χ0n) is 10.0. The molecular weight excluding hydrogens is 222 g/mol. The van der Waals surface area contributed by atoms with Gasteiger partial charge in [-0.25, -0.2) is 4.98 Å². The van der Waals surface area contributed by atoms with E-state index in [9.17, 15) is 4.79 Å². The number of thiazole rings is 1. The summed E-state index contributed by atoms with van der Waals surface area (Å²) >= 11 is 1.69. The van der Waals surface area contributed by atoms with E-state index in [1.54, 1.807) is 11.3 Å². The van der Waals surface area contributed by atoms with Gasteiger partial charge in [0, 0.05) is 23.7 Å². The summed E-state index contributed by atoms with van der Waals surface area (Å²) in [5, 5.41) is 7.08. The number of amides is 1. The SMILES string of the molecule is CCc1ncc(CNCC(=O)NC(C)C)s1. The first-order valence-electron chi connectivity index (χ1n) is 5.55. The Morgan fingerprint density at radius 3 is 2.88 bits per heavy atom. The second kappa shape index (κ2) is 6.60. The molecule has 4 nitrogen and oxygen atoms in total. The van der Waals surface area contributed by atoms with Gasteiger partial charge in [0.15, 0.2) is 0 Å². The van der Waals surface area contributed by atoms with Crippen molar-refractivity contribution in [2.24, 2.45) is 0 Å². The molecule has 0 saturated heterocycles. The number of hydrogen-bond acceptors (Lipinski definition) is 4. The van der Waals surface area contributed by atoms with Crippen molar-refractivity contribution in [2.45, 2.75) is 39.8 Å². The lowest BCUT2D eigenvalue weighted by Gasteiger charge is -2.08. The predicted octanol–water partition coefficient (Wildman–Crippen LogP) is 1.32. The summed E-state index contributed by atoms with van der Waals surface area (Å²) in [6.45, 7) is 7.07. The van der Waals surface area contributed by atoms with E-state index in [4.69, 9.17) is 0 Å². The highest BCUT2D eigenvalue weighted by atomic mass is 32.1. The Balaban J connectivity index is 2.22. The van der Waals surface area contributed by atoms with Gasteiger partial charge in [-0.3, -0.25) is 4.79 Å². The Hall–Kier alpha value is -0.940. The minimum atomic E-state index is 0.0373. The molecule has 0 fully saturated rings. The van der Waals surface area contributed by atoms with Crippen LogP contribution in [0.3, 0.4) is 0 Å². The van der Waals surface area contributed by atoms with Gasteiger partial charge >= 0.3 is 0 Å². The molecule has 0 unspecified atom stereocenters. The van der Waals surface area contributed by atoms with E-state index in [1.807, 2.05) is 20.0 Å². The average Bonchev–Trinajstić information content (AvgIpc) is 2.64. The van der Waals surface area contributed by atoms with E-state index >= 15 is 0 Å². The van der Waals surface area contributed by atoms with Gasteiger partial charge in [-0.1, -0.05) is 6.92 Å². The van der Waals surface area contributed by atoms with Gasteiger partial charge in [0.05, 0.1) is 11.6 Å². The van der Waals surface area contributed by atoms with Gasteiger partial charge in [0.1, 0.15) is 0 Å². The number of hydrogen-bond donors (Lipinski definition) is 2. The highest BCUT2D eigenvalue weighted by molar-refractivity contribution is 7.11. The maximum absolute atomic E-state index is 11.3. The van der Waals surface area contributed by atoms with Crippen LogP contribution in [0.1, 0.15) is 30.7 Å². The molecule has 0 aliphatic heterocycles.